The zero-order valence-electron chi connectivity index (χ0n) is 17.0. The predicted molar refractivity (Wildman–Crippen MR) is 124 cm³/mol. The Morgan fingerprint density at radius 3 is 2.55 bits per heavy atom. The van der Waals surface area contributed by atoms with Gasteiger partial charge in [-0.2, -0.15) is 0 Å². The molecule has 31 heavy (non-hydrogen) atoms. The highest BCUT2D eigenvalue weighted by molar-refractivity contribution is 7.99. The quantitative estimate of drug-likeness (QED) is 0.206. The summed E-state index contributed by atoms with van der Waals surface area (Å²) in [6, 6.07) is 12.1. The number of thioether (sulfide) groups is 1. The van der Waals surface area contributed by atoms with Crippen LogP contribution in [0.3, 0.4) is 0 Å². The van der Waals surface area contributed by atoms with Gasteiger partial charge in [-0.25, -0.2) is 0 Å². The average Bonchev–Trinajstić information content (AvgIpc) is 3.15. The van der Waals surface area contributed by atoms with Gasteiger partial charge in [0.1, 0.15) is 11.5 Å². The molecule has 0 saturated heterocycles. The highest BCUT2D eigenvalue weighted by atomic mass is 35.5. The summed E-state index contributed by atoms with van der Waals surface area (Å²) in [5.41, 5.74) is 0.421. The molecule has 0 bridgehead atoms. The molecule has 3 rings (SSSR count). The van der Waals surface area contributed by atoms with E-state index in [1.165, 1.54) is 11.8 Å². The third-order valence-electron chi connectivity index (χ3n) is 4.36. The smallest absolute Gasteiger partial charge is 0.192 e. The Hall–Kier alpha value is -2.48. The van der Waals surface area contributed by atoms with Crippen LogP contribution in [-0.4, -0.2) is 33.4 Å². The van der Waals surface area contributed by atoms with Crippen molar-refractivity contribution in [2.75, 3.05) is 12.9 Å². The van der Waals surface area contributed by atoms with Gasteiger partial charge >= 0.3 is 0 Å². The Bertz CT molecular complexity index is 1070. The second-order valence-corrected chi connectivity index (χ2v) is 8.30. The van der Waals surface area contributed by atoms with Gasteiger partial charge in [-0.3, -0.25) is 9.36 Å². The maximum atomic E-state index is 12.6. The van der Waals surface area contributed by atoms with Crippen LogP contribution in [0.15, 0.2) is 60.3 Å². The summed E-state index contributed by atoms with van der Waals surface area (Å²) in [5, 5.41) is 9.94. The minimum Gasteiger partial charge on any atom is -0.497 e. The third kappa shape index (κ3) is 5.81. The number of benzene rings is 2. The number of ether oxygens (including phenoxy) is 2. The highest BCUT2D eigenvalue weighted by Crippen LogP contribution is 2.27. The Balaban J connectivity index is 1.73. The van der Waals surface area contributed by atoms with Crippen molar-refractivity contribution in [2.24, 2.45) is 0 Å². The Morgan fingerprint density at radius 1 is 1.19 bits per heavy atom. The lowest BCUT2D eigenvalue weighted by molar-refractivity contribution is 0.102. The number of nitrogens with zero attached hydrogens (tertiary/aromatic N) is 3. The molecule has 6 nitrogen and oxygen atoms in total. The molecule has 3 aromatic rings. The lowest BCUT2D eigenvalue weighted by atomic mass is 10.1. The summed E-state index contributed by atoms with van der Waals surface area (Å²) in [6.07, 6.45) is 1.38. The molecule has 1 atom stereocenters. The maximum Gasteiger partial charge on any atom is 0.192 e. The molecule has 0 amide bonds. The van der Waals surface area contributed by atoms with Crippen LogP contribution in [0.1, 0.15) is 29.2 Å². The number of halogens is 2. The van der Waals surface area contributed by atoms with E-state index in [-0.39, 0.29) is 17.6 Å². The van der Waals surface area contributed by atoms with Crippen LogP contribution in [0.2, 0.25) is 10.0 Å². The van der Waals surface area contributed by atoms with E-state index in [1.54, 1.807) is 31.4 Å². The van der Waals surface area contributed by atoms with Crippen LogP contribution in [-0.2, 0) is 6.54 Å². The van der Waals surface area contributed by atoms with Gasteiger partial charge in [0.05, 0.1) is 17.9 Å². The van der Waals surface area contributed by atoms with Crippen LogP contribution in [0.25, 0.3) is 0 Å². The molecule has 0 fully saturated rings. The van der Waals surface area contributed by atoms with Crippen molar-refractivity contribution >= 4 is 40.7 Å². The maximum absolute atomic E-state index is 12.6. The van der Waals surface area contributed by atoms with Gasteiger partial charge in [0.15, 0.2) is 22.9 Å². The number of ketones is 1. The summed E-state index contributed by atoms with van der Waals surface area (Å²) in [5.74, 6) is 2.10. The van der Waals surface area contributed by atoms with Crippen molar-refractivity contribution < 1.29 is 14.3 Å². The van der Waals surface area contributed by atoms with E-state index < -0.39 is 0 Å². The molecule has 0 saturated carbocycles. The van der Waals surface area contributed by atoms with Crippen LogP contribution < -0.4 is 9.47 Å². The standard InChI is InChI=1S/C22H21Cl2N3O3S/c1-4-11-27-21(14(2)30-17-8-6-16(29-3)7-9-17)25-26-22(27)31-13-20(28)18-10-5-15(23)12-19(18)24/h4-10,12,14H,1,11,13H2,2-3H3. The minimum atomic E-state index is -0.364. The van der Waals surface area contributed by atoms with E-state index in [0.717, 1.165) is 5.75 Å². The van der Waals surface area contributed by atoms with Gasteiger partial charge in [-0.05, 0) is 49.4 Å². The molecule has 0 radical (unpaired) electrons. The monoisotopic (exact) mass is 477 g/mol. The van der Waals surface area contributed by atoms with Gasteiger partial charge in [0.2, 0.25) is 0 Å². The van der Waals surface area contributed by atoms with Crippen molar-refractivity contribution in [3.8, 4) is 11.5 Å². The number of aromatic nitrogens is 3. The molecular weight excluding hydrogens is 457 g/mol. The summed E-state index contributed by atoms with van der Waals surface area (Å²) < 4.78 is 13.0. The lowest BCUT2D eigenvalue weighted by Gasteiger charge is -2.16. The van der Waals surface area contributed by atoms with Crippen molar-refractivity contribution in [2.45, 2.75) is 24.7 Å². The van der Waals surface area contributed by atoms with Crippen LogP contribution >= 0.6 is 35.0 Å². The number of carbonyl (C=O) groups excluding carboxylic acids is 1. The van der Waals surface area contributed by atoms with Crippen molar-refractivity contribution in [1.29, 1.82) is 0 Å². The number of allylic oxidation sites excluding steroid dienone is 1. The fourth-order valence-corrected chi connectivity index (χ4v) is 4.19. The van der Waals surface area contributed by atoms with E-state index in [2.05, 4.69) is 16.8 Å². The van der Waals surface area contributed by atoms with Gasteiger partial charge in [0, 0.05) is 17.1 Å². The molecule has 1 heterocycles. The van der Waals surface area contributed by atoms with Crippen molar-refractivity contribution in [3.63, 3.8) is 0 Å². The summed E-state index contributed by atoms with van der Waals surface area (Å²) in [4.78, 5) is 12.6. The van der Waals surface area contributed by atoms with Gasteiger partial charge in [-0.1, -0.05) is 41.0 Å². The van der Waals surface area contributed by atoms with E-state index in [1.807, 2.05) is 35.8 Å². The molecule has 0 aliphatic heterocycles. The third-order valence-corrected chi connectivity index (χ3v) is 5.87. The first-order valence-electron chi connectivity index (χ1n) is 9.38. The normalized spacial score (nSPS) is 11.7. The van der Waals surface area contributed by atoms with Crippen LogP contribution in [0, 0.1) is 0 Å². The number of hydrogen-bond donors (Lipinski definition) is 0. The molecule has 0 spiro atoms. The van der Waals surface area contributed by atoms with Crippen LogP contribution in [0.4, 0.5) is 0 Å². The molecule has 162 valence electrons. The zero-order chi connectivity index (χ0) is 22.4. The van der Waals surface area contributed by atoms with Crippen molar-refractivity contribution in [3.05, 3.63) is 76.6 Å². The first kappa shape index (κ1) is 23.2. The van der Waals surface area contributed by atoms with Crippen LogP contribution in [0.5, 0.6) is 11.5 Å². The minimum absolute atomic E-state index is 0.121. The van der Waals surface area contributed by atoms with E-state index in [0.29, 0.717) is 38.9 Å². The molecule has 1 unspecified atom stereocenters. The number of Topliss-reactive ketones (excluding diaryl/α,β-unsaturated/α-hetero) is 1. The Kier molecular flexibility index (Phi) is 8.01. The van der Waals surface area contributed by atoms with Gasteiger partial charge < -0.3 is 9.47 Å². The Morgan fingerprint density at radius 2 is 1.90 bits per heavy atom. The Labute approximate surface area is 195 Å². The molecular formula is C22H21Cl2N3O3S. The predicted octanol–water partition coefficient (Wildman–Crippen LogP) is 5.89. The number of rotatable bonds is 10. The van der Waals surface area contributed by atoms with Crippen molar-refractivity contribution in [1.82, 2.24) is 14.8 Å². The van der Waals surface area contributed by atoms with E-state index >= 15 is 0 Å². The fraction of sp³-hybridized carbons (Fsp3) is 0.227. The fourth-order valence-electron chi connectivity index (χ4n) is 2.84. The second kappa shape index (κ2) is 10.7. The SMILES string of the molecule is C=CCn1c(SCC(=O)c2ccc(Cl)cc2Cl)nnc1C(C)Oc1ccc(OC)cc1. The summed E-state index contributed by atoms with van der Waals surface area (Å²) in [7, 11) is 1.61. The second-order valence-electron chi connectivity index (χ2n) is 6.51. The molecule has 1 aromatic heterocycles. The largest absolute Gasteiger partial charge is 0.497 e. The number of methoxy groups -OCH3 is 1. The van der Waals surface area contributed by atoms with E-state index in [9.17, 15) is 4.79 Å². The zero-order valence-corrected chi connectivity index (χ0v) is 19.4. The van der Waals surface area contributed by atoms with E-state index in [4.69, 9.17) is 32.7 Å². The number of hydrogen-bond acceptors (Lipinski definition) is 6. The molecule has 2 aromatic carbocycles. The topological polar surface area (TPSA) is 66.2 Å². The summed E-state index contributed by atoms with van der Waals surface area (Å²) >= 11 is 13.3. The summed E-state index contributed by atoms with van der Waals surface area (Å²) in [6.45, 7) is 6.18. The lowest BCUT2D eigenvalue weighted by Crippen LogP contribution is -2.12. The molecule has 0 aliphatic rings. The first-order chi connectivity index (χ1) is 14.9. The van der Waals surface area contributed by atoms with Gasteiger partial charge in [0.25, 0.3) is 0 Å². The molecule has 9 heteroatoms. The molecule has 0 aliphatic carbocycles. The highest BCUT2D eigenvalue weighted by Gasteiger charge is 2.20. The molecule has 0 N–H and O–H groups in total. The number of carbonyl (C=O) groups is 1. The van der Waals surface area contributed by atoms with Gasteiger partial charge in [-0.15, -0.1) is 16.8 Å². The first-order valence-corrected chi connectivity index (χ1v) is 11.1. The average molecular weight is 478 g/mol.